The molecule has 0 aromatic rings. The van der Waals surface area contributed by atoms with Crippen molar-refractivity contribution in [3.05, 3.63) is 0 Å². The number of rotatable bonds is 0. The average Bonchev–Trinajstić information content (AvgIpc) is 0. The summed E-state index contributed by atoms with van der Waals surface area (Å²) in [5, 5.41) is 0. The van der Waals surface area contributed by atoms with Crippen LogP contribution in [0.15, 0.2) is 0 Å². The van der Waals surface area contributed by atoms with Gasteiger partial charge in [-0.05, 0) is 0 Å². The topological polar surface area (TPSA) is 0 Å². The Bertz CT molecular complexity index is 4.14. The first-order valence-electron chi connectivity index (χ1n) is 0. The van der Waals surface area contributed by atoms with Crippen molar-refractivity contribution < 1.29 is 28.2 Å². The van der Waals surface area contributed by atoms with Gasteiger partial charge in [-0.25, -0.2) is 0 Å². The second-order valence-electron chi connectivity index (χ2n) is 0. The minimum atomic E-state index is 0. The maximum atomic E-state index is 0. The minimum absolute atomic E-state index is 0. The maximum absolute atomic E-state index is 0. The zero-order chi connectivity index (χ0) is 0. The van der Waals surface area contributed by atoms with Crippen LogP contribution >= 0.6 is 0 Å². The van der Waals surface area contributed by atoms with Gasteiger partial charge >= 0.3 is 18.0 Å². The van der Waals surface area contributed by atoms with Gasteiger partial charge in [0, 0.05) is 0 Å². The Balaban J connectivity index is 0. The van der Waals surface area contributed by atoms with Gasteiger partial charge in [0.1, 0.15) is 0 Å². The molecule has 0 amide bonds. The van der Waals surface area contributed by atoms with E-state index < -0.39 is 0 Å². The van der Waals surface area contributed by atoms with Crippen LogP contribution in [0.1, 0.15) is 0 Å². The van der Waals surface area contributed by atoms with Crippen LogP contribution in [0.25, 0.3) is 0 Å². The summed E-state index contributed by atoms with van der Waals surface area (Å²) in [6.07, 6.45) is 0. The van der Waals surface area contributed by atoms with Gasteiger partial charge in [0.15, 0.2) is 0 Å². The molecule has 0 N–H and O–H groups in total. The molecule has 1 atom stereocenters. The van der Waals surface area contributed by atoms with Crippen molar-refractivity contribution in [1.82, 2.24) is 0 Å². The summed E-state index contributed by atoms with van der Waals surface area (Å²) in [6.45, 7) is 0. The van der Waals surface area contributed by atoms with E-state index in [9.17, 15) is 0 Å². The molecule has 0 aliphatic carbocycles. The van der Waals surface area contributed by atoms with Crippen LogP contribution in [0.3, 0.4) is 0 Å². The van der Waals surface area contributed by atoms with Gasteiger partial charge in [0.05, 0.1) is 0 Å². The quantitative estimate of drug-likeness (QED) is 0.371. The predicted molar refractivity (Wildman–Crippen MR) is 25.0 cm³/mol. The van der Waals surface area contributed by atoms with Crippen molar-refractivity contribution in [3.63, 3.8) is 0 Å². The molecule has 0 aromatic carbocycles. The van der Waals surface area contributed by atoms with E-state index in [0.717, 1.165) is 0 Å². The molecule has 0 bridgehead atoms. The summed E-state index contributed by atoms with van der Waals surface area (Å²) in [6, 6.07) is 0. The third-order valence-electron chi connectivity index (χ3n) is 0. The third kappa shape index (κ3) is 5490. The van der Waals surface area contributed by atoms with E-state index in [0.29, 0.717) is 0 Å². The molecule has 0 saturated carbocycles. The fourth-order valence-corrected chi connectivity index (χ4v) is 0. The van der Waals surface area contributed by atoms with Gasteiger partial charge in [-0.15, -0.1) is 0 Å². The van der Waals surface area contributed by atoms with E-state index in [4.69, 9.17) is 0 Å². The molecule has 0 radical (unpaired) electrons. The molecular weight excluding hydrogens is 189 g/mol. The van der Waals surface area contributed by atoms with Gasteiger partial charge in [0.25, 0.3) is 0 Å². The summed E-state index contributed by atoms with van der Waals surface area (Å²) in [5.74, 6) is 0. The Kier molecular flexibility index (Phi) is 17000000. The summed E-state index contributed by atoms with van der Waals surface area (Å²) in [7, 11) is 0. The standard InChI is InChI=1S/AsH3.6FH/h1H3;6*1H. The Morgan fingerprint density at radius 1 is 0.286 bits per heavy atom. The van der Waals surface area contributed by atoms with Crippen molar-refractivity contribution in [2.45, 2.75) is 0 Å². The summed E-state index contributed by atoms with van der Waals surface area (Å²) >= 11 is 0. The zero-order valence-corrected chi connectivity index (χ0v) is 6.12. The number of hydrogen-bond donors (Lipinski definition) is 0. The van der Waals surface area contributed by atoms with Gasteiger partial charge < -0.3 is 0 Å². The van der Waals surface area contributed by atoms with Crippen LogP contribution < -0.4 is 0 Å². The normalized spacial score (nSPS) is 0. The molecule has 0 nitrogen and oxygen atoms in total. The van der Waals surface area contributed by atoms with Crippen LogP contribution in [0.5, 0.6) is 0 Å². The van der Waals surface area contributed by atoms with Crippen molar-refractivity contribution in [3.8, 4) is 0 Å². The summed E-state index contributed by atoms with van der Waals surface area (Å²) in [4.78, 5) is 0. The van der Waals surface area contributed by atoms with Crippen molar-refractivity contribution in [2.75, 3.05) is 0 Å². The zero-order valence-electron chi connectivity index (χ0n) is 3.16. The Morgan fingerprint density at radius 2 is 0.286 bits per heavy atom. The molecule has 7 heteroatoms. The van der Waals surface area contributed by atoms with E-state index in [1.165, 1.54) is 0 Å². The Labute approximate surface area is 47.2 Å². The second-order valence-corrected chi connectivity index (χ2v) is 0. The first-order chi connectivity index (χ1) is 0. The fourth-order valence-electron chi connectivity index (χ4n) is 0. The number of hydrogen-bond acceptors (Lipinski definition) is 0. The molecule has 0 fully saturated rings. The summed E-state index contributed by atoms with van der Waals surface area (Å²) < 4.78 is 0. The monoisotopic (exact) mass is 198 g/mol. The molecule has 0 aliphatic heterocycles. The second kappa shape index (κ2) is 8460. The van der Waals surface area contributed by atoms with E-state index in [1.54, 1.807) is 0 Å². The van der Waals surface area contributed by atoms with Crippen LogP contribution in [0.2, 0.25) is 0 Å². The first kappa shape index (κ1) is 14000. The van der Waals surface area contributed by atoms with Gasteiger partial charge in [-0.1, -0.05) is 0 Å². The molecule has 7 heavy (non-hydrogen) atoms. The molecule has 0 rings (SSSR count). The molecule has 0 saturated heterocycles. The molecular formula is H9AsF6. The molecule has 0 aromatic heterocycles. The van der Waals surface area contributed by atoms with Crippen LogP contribution in [-0.4, -0.2) is 18.0 Å². The van der Waals surface area contributed by atoms with E-state index in [1.807, 2.05) is 0 Å². The van der Waals surface area contributed by atoms with E-state index in [2.05, 4.69) is 0 Å². The van der Waals surface area contributed by atoms with Crippen LogP contribution in [0, 0.1) is 0 Å². The van der Waals surface area contributed by atoms with Crippen LogP contribution in [-0.2, 0) is 0 Å². The number of halogens is 6. The average molecular weight is 198 g/mol. The van der Waals surface area contributed by atoms with Gasteiger partial charge in [-0.3, -0.25) is 28.2 Å². The molecule has 0 heterocycles. The Hall–Kier alpha value is 0.138. The third-order valence-corrected chi connectivity index (χ3v) is 0. The predicted octanol–water partition coefficient (Wildman–Crippen LogP) is -0.269. The van der Waals surface area contributed by atoms with Crippen LogP contribution in [0.4, 0.5) is 28.2 Å². The van der Waals surface area contributed by atoms with Gasteiger partial charge in [-0.2, -0.15) is 0 Å². The fraction of sp³-hybridized carbons (Fsp3) is 0. The van der Waals surface area contributed by atoms with Crippen molar-refractivity contribution in [2.24, 2.45) is 0 Å². The van der Waals surface area contributed by atoms with Crippen molar-refractivity contribution >= 4 is 18.0 Å². The molecule has 0 aliphatic rings. The Morgan fingerprint density at radius 3 is 0.286 bits per heavy atom. The molecule has 1 unspecified atom stereocenters. The molecule has 0 spiro atoms. The molecule has 56 valence electrons. The first-order valence-corrected chi connectivity index (χ1v) is 0. The SMILES string of the molecule is F.F.F.F.F.F.[AsH3]. The van der Waals surface area contributed by atoms with E-state index in [-0.39, 0.29) is 46.2 Å². The van der Waals surface area contributed by atoms with Crippen molar-refractivity contribution in [1.29, 1.82) is 0 Å². The summed E-state index contributed by atoms with van der Waals surface area (Å²) in [5.41, 5.74) is 0. The van der Waals surface area contributed by atoms with Gasteiger partial charge in [0.2, 0.25) is 0 Å². The van der Waals surface area contributed by atoms with E-state index >= 15 is 0 Å².